The van der Waals surface area contributed by atoms with E-state index in [9.17, 15) is 4.79 Å². The van der Waals surface area contributed by atoms with Gasteiger partial charge in [-0.25, -0.2) is 14.5 Å². The zero-order chi connectivity index (χ0) is 21.2. The minimum Gasteiger partial charge on any atom is -0.478 e. The summed E-state index contributed by atoms with van der Waals surface area (Å²) in [7, 11) is 0. The number of nitrogens with zero attached hydrogens (tertiary/aromatic N) is 4. The van der Waals surface area contributed by atoms with Crippen molar-refractivity contribution in [3.05, 3.63) is 108 Å². The number of carboxylic acids is 1. The van der Waals surface area contributed by atoms with Crippen LogP contribution in [0, 0.1) is 0 Å². The van der Waals surface area contributed by atoms with E-state index >= 15 is 0 Å². The van der Waals surface area contributed by atoms with Crippen molar-refractivity contribution in [1.29, 1.82) is 0 Å². The van der Waals surface area contributed by atoms with Crippen LogP contribution in [0.2, 0.25) is 0 Å². The molecule has 0 spiro atoms. The van der Waals surface area contributed by atoms with Gasteiger partial charge in [-0.15, -0.1) is 0 Å². The molecule has 0 radical (unpaired) electrons. The lowest BCUT2D eigenvalue weighted by Crippen LogP contribution is -1.99. The zero-order valence-corrected chi connectivity index (χ0v) is 16.7. The van der Waals surface area contributed by atoms with Crippen LogP contribution in [0.3, 0.4) is 0 Å². The third-order valence-electron chi connectivity index (χ3n) is 5.36. The summed E-state index contributed by atoms with van der Waals surface area (Å²) in [6, 6.07) is 21.4. The molecule has 152 valence electrons. The monoisotopic (exact) mass is 408 g/mol. The van der Waals surface area contributed by atoms with Crippen LogP contribution in [0.15, 0.2) is 91.5 Å². The van der Waals surface area contributed by atoms with Crippen LogP contribution < -0.4 is 0 Å². The summed E-state index contributed by atoms with van der Waals surface area (Å²) in [5.74, 6) is -0.898. The molecule has 6 nitrogen and oxygen atoms in total. The third-order valence-corrected chi connectivity index (χ3v) is 5.36. The van der Waals surface area contributed by atoms with Crippen LogP contribution >= 0.6 is 0 Å². The number of rotatable bonds is 6. The lowest BCUT2D eigenvalue weighted by atomic mass is 10.0. The summed E-state index contributed by atoms with van der Waals surface area (Å²) >= 11 is 0. The molecular weight excluding hydrogens is 388 g/mol. The predicted molar refractivity (Wildman–Crippen MR) is 119 cm³/mol. The fraction of sp³-hybridized carbons (Fsp3) is 0.0800. The lowest BCUT2D eigenvalue weighted by Gasteiger charge is -2.07. The Morgan fingerprint density at radius 1 is 0.903 bits per heavy atom. The molecule has 0 unspecified atom stereocenters. The highest BCUT2D eigenvalue weighted by atomic mass is 16.4. The Balaban J connectivity index is 1.39. The van der Waals surface area contributed by atoms with Gasteiger partial charge in [0.25, 0.3) is 0 Å². The number of aromatic nitrogens is 4. The number of aryl methyl sites for hydroxylation is 2. The smallest absolute Gasteiger partial charge is 0.335 e. The number of imidazole rings is 1. The molecule has 0 aliphatic rings. The van der Waals surface area contributed by atoms with Gasteiger partial charge in [-0.05, 0) is 66.4 Å². The first kappa shape index (κ1) is 18.8. The van der Waals surface area contributed by atoms with E-state index in [0.717, 1.165) is 46.6 Å². The van der Waals surface area contributed by atoms with Crippen LogP contribution in [0.1, 0.15) is 21.5 Å². The first-order chi connectivity index (χ1) is 15.2. The Kier molecular flexibility index (Phi) is 4.80. The van der Waals surface area contributed by atoms with Crippen LogP contribution in [-0.4, -0.2) is 30.2 Å². The molecule has 0 bridgehead atoms. The molecule has 5 rings (SSSR count). The number of carboxylic acid groups (broad SMARTS) is 1. The average Bonchev–Trinajstić information content (AvgIpc) is 3.48. The Morgan fingerprint density at radius 3 is 2.55 bits per heavy atom. The lowest BCUT2D eigenvalue weighted by molar-refractivity contribution is 0.0696. The molecular formula is C25H20N4O2. The topological polar surface area (TPSA) is 72.4 Å². The molecule has 0 amide bonds. The minimum absolute atomic E-state index is 0.322. The molecule has 5 aromatic rings. The van der Waals surface area contributed by atoms with Crippen molar-refractivity contribution in [3.63, 3.8) is 0 Å². The molecule has 0 fully saturated rings. The zero-order valence-electron chi connectivity index (χ0n) is 16.7. The minimum atomic E-state index is -0.898. The van der Waals surface area contributed by atoms with Gasteiger partial charge in [-0.2, -0.15) is 5.10 Å². The standard InChI is InChI=1S/C25H20N4O2/c30-25(31)21-6-1-4-18(14-21)8-9-19-10-13-28-23(17-26-24(28)15-19)20-5-2-7-22(16-20)29-12-3-11-27-29/h1-7,10-17H,8-9H2,(H,30,31). The molecule has 2 aromatic carbocycles. The van der Waals surface area contributed by atoms with Gasteiger partial charge >= 0.3 is 5.97 Å². The van der Waals surface area contributed by atoms with Crippen molar-refractivity contribution >= 4 is 11.6 Å². The highest BCUT2D eigenvalue weighted by molar-refractivity contribution is 5.87. The van der Waals surface area contributed by atoms with E-state index in [2.05, 4.69) is 38.7 Å². The number of aromatic carboxylic acids is 1. The molecule has 6 heteroatoms. The number of pyridine rings is 1. The van der Waals surface area contributed by atoms with E-state index in [1.54, 1.807) is 24.4 Å². The first-order valence-electron chi connectivity index (χ1n) is 10.1. The van der Waals surface area contributed by atoms with Crippen LogP contribution in [-0.2, 0) is 12.8 Å². The fourth-order valence-corrected chi connectivity index (χ4v) is 3.77. The van der Waals surface area contributed by atoms with Crippen molar-refractivity contribution in [2.24, 2.45) is 0 Å². The first-order valence-corrected chi connectivity index (χ1v) is 10.1. The van der Waals surface area contributed by atoms with Crippen LogP contribution in [0.4, 0.5) is 0 Å². The number of hydrogen-bond donors (Lipinski definition) is 1. The molecule has 31 heavy (non-hydrogen) atoms. The molecule has 3 aromatic heterocycles. The van der Waals surface area contributed by atoms with E-state index in [1.807, 2.05) is 47.5 Å². The molecule has 0 aliphatic carbocycles. The second-order valence-electron chi connectivity index (χ2n) is 7.41. The summed E-state index contributed by atoms with van der Waals surface area (Å²) in [6.45, 7) is 0. The third kappa shape index (κ3) is 3.83. The van der Waals surface area contributed by atoms with Gasteiger partial charge in [-0.1, -0.05) is 24.3 Å². The second-order valence-corrected chi connectivity index (χ2v) is 7.41. The highest BCUT2D eigenvalue weighted by Crippen LogP contribution is 2.24. The summed E-state index contributed by atoms with van der Waals surface area (Å²) in [5.41, 5.74) is 6.47. The van der Waals surface area contributed by atoms with Crippen molar-refractivity contribution in [2.45, 2.75) is 12.8 Å². The predicted octanol–water partition coefficient (Wildman–Crippen LogP) is 4.67. The summed E-state index contributed by atoms with van der Waals surface area (Å²) in [6.07, 6.45) is 9.21. The van der Waals surface area contributed by atoms with E-state index in [-0.39, 0.29) is 0 Å². The van der Waals surface area contributed by atoms with Gasteiger partial charge in [0.1, 0.15) is 5.65 Å². The van der Waals surface area contributed by atoms with Crippen LogP contribution in [0.25, 0.3) is 22.6 Å². The van der Waals surface area contributed by atoms with Gasteiger partial charge < -0.3 is 5.11 Å². The Hall–Kier alpha value is -4.19. The maximum Gasteiger partial charge on any atom is 0.335 e. The molecule has 0 saturated heterocycles. The highest BCUT2D eigenvalue weighted by Gasteiger charge is 2.09. The normalized spacial score (nSPS) is 11.1. The molecule has 1 N–H and O–H groups in total. The Labute approximate surface area is 179 Å². The van der Waals surface area contributed by atoms with Crippen LogP contribution in [0.5, 0.6) is 0 Å². The van der Waals surface area contributed by atoms with E-state index in [4.69, 9.17) is 5.11 Å². The molecule has 0 aliphatic heterocycles. The maximum absolute atomic E-state index is 11.2. The number of carbonyl (C=O) groups is 1. The van der Waals surface area contributed by atoms with Gasteiger partial charge in [-0.3, -0.25) is 4.40 Å². The van der Waals surface area contributed by atoms with Gasteiger partial charge in [0.05, 0.1) is 23.1 Å². The summed E-state index contributed by atoms with van der Waals surface area (Å²) in [4.78, 5) is 15.8. The second kappa shape index (κ2) is 7.91. The summed E-state index contributed by atoms with van der Waals surface area (Å²) < 4.78 is 3.92. The van der Waals surface area contributed by atoms with E-state index in [1.165, 1.54) is 0 Å². The molecule has 3 heterocycles. The molecule has 0 atom stereocenters. The van der Waals surface area contributed by atoms with Gasteiger partial charge in [0, 0.05) is 24.2 Å². The Bertz CT molecular complexity index is 1370. The van der Waals surface area contributed by atoms with Gasteiger partial charge in [0.2, 0.25) is 0 Å². The van der Waals surface area contributed by atoms with Crippen molar-refractivity contribution < 1.29 is 9.90 Å². The largest absolute Gasteiger partial charge is 0.478 e. The Morgan fingerprint density at radius 2 is 1.74 bits per heavy atom. The number of fused-ring (bicyclic) bond motifs is 1. The number of benzene rings is 2. The molecule has 0 saturated carbocycles. The van der Waals surface area contributed by atoms with E-state index in [0.29, 0.717) is 5.56 Å². The van der Waals surface area contributed by atoms with Crippen molar-refractivity contribution in [2.75, 3.05) is 0 Å². The number of hydrogen-bond acceptors (Lipinski definition) is 3. The van der Waals surface area contributed by atoms with Gasteiger partial charge in [0.15, 0.2) is 0 Å². The van der Waals surface area contributed by atoms with E-state index < -0.39 is 5.97 Å². The fourth-order valence-electron chi connectivity index (χ4n) is 3.77. The quantitative estimate of drug-likeness (QED) is 0.443. The average molecular weight is 408 g/mol. The van der Waals surface area contributed by atoms with Crippen molar-refractivity contribution in [1.82, 2.24) is 19.2 Å². The summed E-state index contributed by atoms with van der Waals surface area (Å²) in [5, 5.41) is 13.5. The SMILES string of the molecule is O=C(O)c1cccc(CCc2ccn3c(-c4cccc(-n5cccn5)c4)cnc3c2)c1. The van der Waals surface area contributed by atoms with Crippen molar-refractivity contribution in [3.8, 4) is 16.9 Å². The maximum atomic E-state index is 11.2.